The first kappa shape index (κ1) is 24.5. The Kier molecular flexibility index (Phi) is 5.26. The van der Waals surface area contributed by atoms with E-state index in [9.17, 15) is 5.26 Å². The summed E-state index contributed by atoms with van der Waals surface area (Å²) in [5, 5.41) is 16.7. The third-order valence-corrected chi connectivity index (χ3v) is 8.94. The van der Waals surface area contributed by atoms with Crippen molar-refractivity contribution in [3.63, 3.8) is 0 Å². The number of hydrogen-bond acceptors (Lipinski definition) is 1. The van der Waals surface area contributed by atoms with Crippen molar-refractivity contribution in [1.29, 1.82) is 5.26 Å². The van der Waals surface area contributed by atoms with Gasteiger partial charge in [0.2, 0.25) is 0 Å². The number of fused-ring (bicyclic) bond motifs is 7. The van der Waals surface area contributed by atoms with Gasteiger partial charge in [-0.05, 0) is 77.2 Å². The van der Waals surface area contributed by atoms with Gasteiger partial charge in [0.25, 0.3) is 0 Å². The van der Waals surface area contributed by atoms with Crippen molar-refractivity contribution in [3.8, 4) is 28.6 Å². The van der Waals surface area contributed by atoms with Gasteiger partial charge in [0.05, 0.1) is 39.4 Å². The minimum Gasteiger partial charge on any atom is -0.309 e. The van der Waals surface area contributed by atoms with E-state index in [0.717, 1.165) is 27.5 Å². The zero-order valence-electron chi connectivity index (χ0n) is 23.8. The lowest BCUT2D eigenvalue weighted by Crippen LogP contribution is -1.95. The molecule has 0 saturated heterocycles. The Morgan fingerprint density at radius 2 is 0.977 bits per heavy atom. The van der Waals surface area contributed by atoms with Crippen LogP contribution in [-0.2, 0) is 0 Å². The summed E-state index contributed by atoms with van der Waals surface area (Å²) >= 11 is 0. The molecule has 0 aliphatic rings. The molecule has 3 heteroatoms. The molecule has 0 bridgehead atoms. The van der Waals surface area contributed by atoms with E-state index in [1.165, 1.54) is 49.4 Å². The van der Waals surface area contributed by atoms with Gasteiger partial charge in [-0.2, -0.15) is 5.26 Å². The minimum atomic E-state index is 0.674. The molecule has 0 amide bonds. The van der Waals surface area contributed by atoms with Gasteiger partial charge in [0.15, 0.2) is 0 Å². The van der Waals surface area contributed by atoms with Crippen LogP contribution in [0.15, 0.2) is 152 Å². The van der Waals surface area contributed by atoms with Gasteiger partial charge in [0.1, 0.15) is 0 Å². The molecule has 0 unspecified atom stereocenters. The summed E-state index contributed by atoms with van der Waals surface area (Å²) in [5.41, 5.74) is 9.96. The summed E-state index contributed by atoms with van der Waals surface area (Å²) in [5.74, 6) is 0. The van der Waals surface area contributed by atoms with Crippen LogP contribution in [0.4, 0.5) is 0 Å². The van der Waals surface area contributed by atoms with Crippen LogP contribution in [0, 0.1) is 11.3 Å². The fraction of sp³-hybridized carbons (Fsp3) is 0. The second kappa shape index (κ2) is 9.46. The summed E-state index contributed by atoms with van der Waals surface area (Å²) in [6.45, 7) is 0. The predicted octanol–water partition coefficient (Wildman–Crippen LogP) is 10.6. The third kappa shape index (κ3) is 3.55. The summed E-state index contributed by atoms with van der Waals surface area (Å²) in [4.78, 5) is 0. The number of aromatic nitrogens is 2. The number of nitriles is 1. The number of para-hydroxylation sites is 2. The van der Waals surface area contributed by atoms with Crippen LogP contribution in [0.2, 0.25) is 0 Å². The molecule has 0 spiro atoms. The van der Waals surface area contributed by atoms with Gasteiger partial charge < -0.3 is 9.13 Å². The van der Waals surface area contributed by atoms with E-state index in [2.05, 4.69) is 155 Å². The van der Waals surface area contributed by atoms with Gasteiger partial charge in [-0.1, -0.05) is 91.0 Å². The zero-order valence-corrected chi connectivity index (χ0v) is 23.8. The molecule has 0 aliphatic carbocycles. The molecule has 204 valence electrons. The molecule has 0 radical (unpaired) electrons. The molecule has 44 heavy (non-hydrogen) atoms. The van der Waals surface area contributed by atoms with Crippen LogP contribution < -0.4 is 0 Å². The van der Waals surface area contributed by atoms with E-state index in [1.807, 2.05) is 12.1 Å². The van der Waals surface area contributed by atoms with Gasteiger partial charge in [-0.3, -0.25) is 0 Å². The van der Waals surface area contributed by atoms with Crippen molar-refractivity contribution >= 4 is 54.4 Å². The Labute approximate surface area is 254 Å². The van der Waals surface area contributed by atoms with E-state index in [1.54, 1.807) is 0 Å². The van der Waals surface area contributed by atoms with Crippen molar-refractivity contribution in [3.05, 3.63) is 157 Å². The first-order valence-corrected chi connectivity index (χ1v) is 14.8. The average Bonchev–Trinajstić information content (AvgIpc) is 3.60. The Bertz CT molecular complexity index is 2600. The Hall–Kier alpha value is -6.11. The smallest absolute Gasteiger partial charge is 0.0991 e. The highest BCUT2D eigenvalue weighted by Gasteiger charge is 2.16. The van der Waals surface area contributed by atoms with Crippen LogP contribution >= 0.6 is 0 Å². The minimum absolute atomic E-state index is 0.674. The first-order valence-electron chi connectivity index (χ1n) is 14.8. The highest BCUT2D eigenvalue weighted by Crippen LogP contribution is 2.38. The summed E-state index contributed by atoms with van der Waals surface area (Å²) in [6, 6.07) is 56.1. The largest absolute Gasteiger partial charge is 0.309 e. The van der Waals surface area contributed by atoms with E-state index in [4.69, 9.17) is 0 Å². The van der Waals surface area contributed by atoms with Crippen LogP contribution in [0.25, 0.3) is 76.9 Å². The lowest BCUT2D eigenvalue weighted by Gasteiger charge is -2.12. The highest BCUT2D eigenvalue weighted by molar-refractivity contribution is 6.12. The van der Waals surface area contributed by atoms with Crippen LogP contribution in [0.5, 0.6) is 0 Å². The molecule has 0 fully saturated rings. The molecule has 2 aromatic heterocycles. The second-order valence-electron chi connectivity index (χ2n) is 11.3. The molecule has 9 aromatic rings. The van der Waals surface area contributed by atoms with Crippen LogP contribution in [0.3, 0.4) is 0 Å². The van der Waals surface area contributed by atoms with E-state index < -0.39 is 0 Å². The topological polar surface area (TPSA) is 33.6 Å². The fourth-order valence-electron chi connectivity index (χ4n) is 6.94. The predicted molar refractivity (Wildman–Crippen MR) is 183 cm³/mol. The molecule has 2 heterocycles. The quantitative estimate of drug-likeness (QED) is 0.212. The van der Waals surface area contributed by atoms with Crippen molar-refractivity contribution in [2.24, 2.45) is 0 Å². The second-order valence-corrected chi connectivity index (χ2v) is 11.3. The Morgan fingerprint density at radius 1 is 0.409 bits per heavy atom. The zero-order chi connectivity index (χ0) is 29.2. The number of benzene rings is 7. The molecule has 0 saturated carbocycles. The normalized spacial score (nSPS) is 11.6. The average molecular weight is 560 g/mol. The maximum Gasteiger partial charge on any atom is 0.0991 e. The lowest BCUT2D eigenvalue weighted by atomic mass is 10.0. The number of hydrogen-bond donors (Lipinski definition) is 0. The summed E-state index contributed by atoms with van der Waals surface area (Å²) < 4.78 is 4.69. The van der Waals surface area contributed by atoms with Gasteiger partial charge in [-0.25, -0.2) is 0 Å². The molecule has 0 N–H and O–H groups in total. The van der Waals surface area contributed by atoms with Crippen LogP contribution in [-0.4, -0.2) is 9.13 Å². The number of rotatable bonds is 3. The Morgan fingerprint density at radius 3 is 1.75 bits per heavy atom. The van der Waals surface area contributed by atoms with Crippen molar-refractivity contribution in [2.75, 3.05) is 0 Å². The lowest BCUT2D eigenvalue weighted by molar-refractivity contribution is 1.18. The molecule has 0 atom stereocenters. The summed E-state index contributed by atoms with van der Waals surface area (Å²) in [6.07, 6.45) is 0. The van der Waals surface area contributed by atoms with Crippen LogP contribution in [0.1, 0.15) is 5.56 Å². The maximum atomic E-state index is 9.50. The third-order valence-electron chi connectivity index (χ3n) is 8.94. The highest BCUT2D eigenvalue weighted by atomic mass is 15.0. The molecule has 0 aliphatic heterocycles. The summed E-state index contributed by atoms with van der Waals surface area (Å²) in [7, 11) is 0. The van der Waals surface area contributed by atoms with E-state index in [-0.39, 0.29) is 0 Å². The van der Waals surface area contributed by atoms with Gasteiger partial charge >= 0.3 is 0 Å². The molecule has 7 aromatic carbocycles. The standard InChI is InChI=1S/C41H25N3/c42-26-27-16-22-40-35(24-27)33-11-3-5-13-38(33)43(40)31-20-17-28(18-21-31)30-19-23-41-36(25-30)34-12-4-6-14-39(34)44(41)37-15-7-9-29-8-1-2-10-32(29)37/h1-25H. The van der Waals surface area contributed by atoms with Gasteiger partial charge in [-0.15, -0.1) is 0 Å². The Balaban J connectivity index is 1.19. The number of nitrogens with zero attached hydrogens (tertiary/aromatic N) is 3. The van der Waals surface area contributed by atoms with Crippen molar-refractivity contribution < 1.29 is 0 Å². The van der Waals surface area contributed by atoms with E-state index >= 15 is 0 Å². The van der Waals surface area contributed by atoms with Crippen molar-refractivity contribution in [2.45, 2.75) is 0 Å². The monoisotopic (exact) mass is 559 g/mol. The van der Waals surface area contributed by atoms with E-state index in [0.29, 0.717) is 5.56 Å². The van der Waals surface area contributed by atoms with Crippen molar-refractivity contribution in [1.82, 2.24) is 9.13 Å². The van der Waals surface area contributed by atoms with Gasteiger partial charge in [0, 0.05) is 32.6 Å². The fourth-order valence-corrected chi connectivity index (χ4v) is 6.94. The molecule has 9 rings (SSSR count). The SMILES string of the molecule is N#Cc1ccc2c(c1)c1ccccc1n2-c1ccc(-c2ccc3c(c2)c2ccccc2n3-c2cccc3ccccc23)cc1. The first-order chi connectivity index (χ1) is 21.8. The maximum absolute atomic E-state index is 9.50. The molecular formula is C41H25N3. The molecule has 3 nitrogen and oxygen atoms in total. The molecular weight excluding hydrogens is 534 g/mol.